The molecule has 1 atom stereocenters. The summed E-state index contributed by atoms with van der Waals surface area (Å²) in [5.74, 6) is 0.606. The largest absolute Gasteiger partial charge is 0.388 e. The fourth-order valence-electron chi connectivity index (χ4n) is 5.21. The van der Waals surface area contributed by atoms with E-state index in [4.69, 9.17) is 9.47 Å². The fourth-order valence-corrected chi connectivity index (χ4v) is 5.21. The number of likely N-dealkylation sites (tertiary alicyclic amines) is 1. The van der Waals surface area contributed by atoms with Gasteiger partial charge in [0.2, 0.25) is 0 Å². The Morgan fingerprint density at radius 2 is 1.82 bits per heavy atom. The lowest BCUT2D eigenvalue weighted by atomic mass is 9.89. The third kappa shape index (κ3) is 6.48. The Balaban J connectivity index is 1.27. The quantitative estimate of drug-likeness (QED) is 0.369. The topological polar surface area (TPSA) is 46.9 Å². The maximum Gasteiger partial charge on any atom is 0.0790 e. The monoisotopic (exact) mass is 464 g/mol. The van der Waals surface area contributed by atoms with E-state index >= 15 is 0 Å². The van der Waals surface area contributed by atoms with E-state index in [1.54, 1.807) is 7.11 Å². The highest BCUT2D eigenvalue weighted by molar-refractivity contribution is 5.84. The van der Waals surface area contributed by atoms with Gasteiger partial charge in [-0.2, -0.15) is 0 Å². The van der Waals surface area contributed by atoms with Gasteiger partial charge in [0.1, 0.15) is 0 Å². The Morgan fingerprint density at radius 3 is 2.62 bits per heavy atom. The Bertz CT molecular complexity index is 1020. The van der Waals surface area contributed by atoms with Crippen molar-refractivity contribution < 1.29 is 14.6 Å². The molecule has 1 N–H and O–H groups in total. The first-order chi connectivity index (χ1) is 16.7. The molecule has 2 heterocycles. The van der Waals surface area contributed by atoms with Crippen LogP contribution in [0.25, 0.3) is 10.9 Å². The molecule has 0 saturated carbocycles. The second-order valence-electron chi connectivity index (χ2n) is 9.59. The van der Waals surface area contributed by atoms with Crippen LogP contribution in [-0.4, -0.2) is 61.1 Å². The van der Waals surface area contributed by atoms with Crippen molar-refractivity contribution in [1.82, 2.24) is 9.47 Å². The first kappa shape index (κ1) is 24.9. The number of ether oxygens (including phenoxy) is 2. The molecule has 0 radical (unpaired) electrons. The molecule has 1 aliphatic heterocycles. The number of para-hydroxylation sites is 1. The van der Waals surface area contributed by atoms with Crippen LogP contribution in [0, 0.1) is 6.92 Å². The summed E-state index contributed by atoms with van der Waals surface area (Å²) >= 11 is 0. The molecule has 1 unspecified atom stereocenters. The molecule has 1 aliphatic rings. The van der Waals surface area contributed by atoms with Crippen LogP contribution in [0.1, 0.15) is 54.4 Å². The van der Waals surface area contributed by atoms with E-state index in [0.717, 1.165) is 44.6 Å². The molecule has 5 heteroatoms. The third-order valence-corrected chi connectivity index (χ3v) is 7.13. The Morgan fingerprint density at radius 1 is 1.00 bits per heavy atom. The van der Waals surface area contributed by atoms with Crippen LogP contribution in [0.2, 0.25) is 0 Å². The minimum atomic E-state index is -0.359. The summed E-state index contributed by atoms with van der Waals surface area (Å²) in [6, 6.07) is 17.0. The number of aliphatic hydroxyl groups excluding tert-OH is 1. The van der Waals surface area contributed by atoms with Crippen molar-refractivity contribution in [2.24, 2.45) is 0 Å². The van der Waals surface area contributed by atoms with Gasteiger partial charge in [0, 0.05) is 30.8 Å². The van der Waals surface area contributed by atoms with E-state index < -0.39 is 0 Å². The fraction of sp³-hybridized carbons (Fsp3) is 0.517. The number of piperidine rings is 1. The highest BCUT2D eigenvalue weighted by atomic mass is 16.5. The number of benzene rings is 2. The predicted octanol–water partition coefficient (Wildman–Crippen LogP) is 5.31. The molecule has 0 spiro atoms. The van der Waals surface area contributed by atoms with Gasteiger partial charge >= 0.3 is 0 Å². The van der Waals surface area contributed by atoms with Crippen LogP contribution in [-0.2, 0) is 16.0 Å². The van der Waals surface area contributed by atoms with Crippen LogP contribution >= 0.6 is 0 Å². The van der Waals surface area contributed by atoms with Gasteiger partial charge in [-0.1, -0.05) is 48.0 Å². The predicted molar refractivity (Wildman–Crippen MR) is 138 cm³/mol. The molecular weight excluding hydrogens is 424 g/mol. The Labute approximate surface area is 204 Å². The molecular formula is C29H40N2O3. The summed E-state index contributed by atoms with van der Waals surface area (Å²) in [6.45, 7) is 8.26. The molecule has 34 heavy (non-hydrogen) atoms. The summed E-state index contributed by atoms with van der Waals surface area (Å²) < 4.78 is 13.1. The van der Waals surface area contributed by atoms with Gasteiger partial charge in [-0.3, -0.25) is 0 Å². The second-order valence-corrected chi connectivity index (χ2v) is 9.59. The average molecular weight is 465 g/mol. The number of fused-ring (bicyclic) bond motifs is 1. The lowest BCUT2D eigenvalue weighted by Gasteiger charge is -2.32. The van der Waals surface area contributed by atoms with Gasteiger partial charge in [0.15, 0.2) is 0 Å². The highest BCUT2D eigenvalue weighted by Crippen LogP contribution is 2.34. The minimum absolute atomic E-state index is 0.359. The average Bonchev–Trinajstić information content (AvgIpc) is 3.23. The van der Waals surface area contributed by atoms with Crippen molar-refractivity contribution in [3.63, 3.8) is 0 Å². The molecule has 4 rings (SSSR count). The molecule has 1 saturated heterocycles. The van der Waals surface area contributed by atoms with Crippen molar-refractivity contribution in [2.75, 3.05) is 46.6 Å². The maximum atomic E-state index is 10.5. The zero-order chi connectivity index (χ0) is 23.8. The van der Waals surface area contributed by atoms with Gasteiger partial charge in [-0.25, -0.2) is 0 Å². The van der Waals surface area contributed by atoms with Crippen molar-refractivity contribution in [3.8, 4) is 0 Å². The summed E-state index contributed by atoms with van der Waals surface area (Å²) in [7, 11) is 1.70. The van der Waals surface area contributed by atoms with E-state index in [9.17, 15) is 5.11 Å². The number of hydrogen-bond acceptors (Lipinski definition) is 4. The van der Waals surface area contributed by atoms with Gasteiger partial charge in [-0.05, 0) is 75.4 Å². The van der Waals surface area contributed by atoms with Gasteiger partial charge < -0.3 is 24.0 Å². The Hall–Kier alpha value is -2.18. The molecule has 184 valence electrons. The zero-order valence-corrected chi connectivity index (χ0v) is 20.8. The number of rotatable bonds is 12. The summed E-state index contributed by atoms with van der Waals surface area (Å²) in [6.07, 6.45) is 6.24. The Kier molecular flexibility index (Phi) is 9.17. The smallest absolute Gasteiger partial charge is 0.0790 e. The number of aliphatic hydroxyl groups is 1. The van der Waals surface area contributed by atoms with Crippen LogP contribution in [0.5, 0.6) is 0 Å². The van der Waals surface area contributed by atoms with Crippen LogP contribution in [0.3, 0.4) is 0 Å². The minimum Gasteiger partial charge on any atom is -0.388 e. The standard InChI is InChI=1S/C29H40N2O3/c1-23-7-5-8-25(21-23)29(32)11-6-14-30-15-12-24(13-16-30)27-22-31(17-18-34-20-19-33-2)28-10-4-3-9-26(27)28/h3-5,7-10,21-22,24,29,32H,6,11-20H2,1-2H3. The molecule has 1 fully saturated rings. The summed E-state index contributed by atoms with van der Waals surface area (Å²) in [5.41, 5.74) is 5.04. The lowest BCUT2D eigenvalue weighted by Crippen LogP contribution is -2.33. The number of hydrogen-bond donors (Lipinski definition) is 1. The van der Waals surface area contributed by atoms with E-state index in [1.165, 1.54) is 34.9 Å². The normalized spacial score (nSPS) is 16.3. The molecule has 2 aromatic carbocycles. The van der Waals surface area contributed by atoms with E-state index in [-0.39, 0.29) is 6.10 Å². The van der Waals surface area contributed by atoms with E-state index in [2.05, 4.69) is 59.0 Å². The van der Waals surface area contributed by atoms with Crippen LogP contribution < -0.4 is 0 Å². The van der Waals surface area contributed by atoms with Crippen molar-refractivity contribution in [2.45, 2.75) is 51.2 Å². The van der Waals surface area contributed by atoms with Gasteiger partial charge in [0.05, 0.1) is 25.9 Å². The van der Waals surface area contributed by atoms with Crippen LogP contribution in [0.15, 0.2) is 54.7 Å². The van der Waals surface area contributed by atoms with Gasteiger partial charge in [-0.15, -0.1) is 0 Å². The molecule has 3 aromatic rings. The third-order valence-electron chi connectivity index (χ3n) is 7.13. The second kappa shape index (κ2) is 12.5. The molecule has 0 amide bonds. The molecule has 1 aromatic heterocycles. The van der Waals surface area contributed by atoms with Crippen LogP contribution in [0.4, 0.5) is 0 Å². The maximum absolute atomic E-state index is 10.5. The summed E-state index contributed by atoms with van der Waals surface area (Å²) in [4.78, 5) is 2.57. The number of aromatic nitrogens is 1. The first-order valence-electron chi connectivity index (χ1n) is 12.8. The number of aryl methyl sites for hydroxylation is 1. The molecule has 0 aliphatic carbocycles. The zero-order valence-electron chi connectivity index (χ0n) is 20.8. The highest BCUT2D eigenvalue weighted by Gasteiger charge is 2.23. The number of nitrogens with zero attached hydrogens (tertiary/aromatic N) is 2. The number of methoxy groups -OCH3 is 1. The van der Waals surface area contributed by atoms with Gasteiger partial charge in [0.25, 0.3) is 0 Å². The van der Waals surface area contributed by atoms with E-state index in [0.29, 0.717) is 25.7 Å². The molecule has 5 nitrogen and oxygen atoms in total. The SMILES string of the molecule is COCCOCCn1cc(C2CCN(CCCC(O)c3cccc(C)c3)CC2)c2ccccc21. The van der Waals surface area contributed by atoms with E-state index in [1.807, 2.05) is 12.1 Å². The van der Waals surface area contributed by atoms with Crippen molar-refractivity contribution >= 4 is 10.9 Å². The van der Waals surface area contributed by atoms with Crippen molar-refractivity contribution in [3.05, 3.63) is 71.4 Å². The summed E-state index contributed by atoms with van der Waals surface area (Å²) in [5, 5.41) is 11.9. The van der Waals surface area contributed by atoms with Crippen molar-refractivity contribution in [1.29, 1.82) is 0 Å². The first-order valence-corrected chi connectivity index (χ1v) is 12.8. The molecule has 0 bridgehead atoms. The lowest BCUT2D eigenvalue weighted by molar-refractivity contribution is 0.0670.